The van der Waals surface area contributed by atoms with Crippen molar-refractivity contribution in [2.24, 2.45) is 5.92 Å². The van der Waals surface area contributed by atoms with E-state index in [-0.39, 0.29) is 11.5 Å². The van der Waals surface area contributed by atoms with Crippen LogP contribution in [0.4, 0.5) is 39.5 Å². The van der Waals surface area contributed by atoms with Crippen LogP contribution in [0.25, 0.3) is 11.1 Å². The Labute approximate surface area is 211 Å². The van der Waals surface area contributed by atoms with Gasteiger partial charge in [-0.05, 0) is 65.9 Å². The van der Waals surface area contributed by atoms with Gasteiger partial charge in [-0.1, -0.05) is 6.08 Å². The molecule has 0 saturated carbocycles. The molecule has 1 fully saturated rings. The average Bonchev–Trinajstić information content (AvgIpc) is 2.83. The Kier molecular flexibility index (Phi) is 7.78. The molecule has 0 spiro atoms. The molecule has 2 atom stereocenters. The molecule has 1 heterocycles. The van der Waals surface area contributed by atoms with Gasteiger partial charge in [0.15, 0.2) is 11.6 Å². The maximum absolute atomic E-state index is 14.9. The molecule has 0 bridgehead atoms. The first kappa shape index (κ1) is 27.6. The highest BCUT2D eigenvalue weighted by Gasteiger charge is 2.34. The number of rotatable bonds is 6. The van der Waals surface area contributed by atoms with E-state index < -0.39 is 81.8 Å². The molecular weight excluding hydrogens is 527 g/mol. The van der Waals surface area contributed by atoms with E-state index in [0.717, 1.165) is 12.1 Å². The minimum Gasteiger partial charge on any atom is -0.399 e. The standard InChI is InChI=1S/C27H19F9O2/c1-2-13-3-4-24(37-12-13)15-8-20(30)25(21(31)9-15)16-10-18(28)17(19(29)11-16)5-14-6-22(32)26(23(33)7-14)38-27(34,35)36/h2,6-11,13,24H,1,3-5,12H2. The van der Waals surface area contributed by atoms with E-state index in [1.54, 1.807) is 6.08 Å². The van der Waals surface area contributed by atoms with Crippen LogP contribution in [-0.4, -0.2) is 13.0 Å². The highest BCUT2D eigenvalue weighted by Crippen LogP contribution is 2.36. The second-order valence-corrected chi connectivity index (χ2v) is 8.79. The smallest absolute Gasteiger partial charge is 0.399 e. The lowest BCUT2D eigenvalue weighted by Crippen LogP contribution is -2.19. The Bertz CT molecular complexity index is 1290. The maximum atomic E-state index is 14.9. The van der Waals surface area contributed by atoms with Crippen LogP contribution < -0.4 is 4.74 Å². The summed E-state index contributed by atoms with van der Waals surface area (Å²) >= 11 is 0. The van der Waals surface area contributed by atoms with Gasteiger partial charge < -0.3 is 9.47 Å². The molecule has 2 unspecified atom stereocenters. The number of ether oxygens (including phenoxy) is 2. The van der Waals surface area contributed by atoms with Crippen LogP contribution in [0.15, 0.2) is 49.1 Å². The molecule has 1 aliphatic heterocycles. The van der Waals surface area contributed by atoms with E-state index in [2.05, 4.69) is 11.3 Å². The molecule has 38 heavy (non-hydrogen) atoms. The molecular formula is C27H19F9O2. The average molecular weight is 546 g/mol. The third-order valence-electron chi connectivity index (χ3n) is 6.17. The summed E-state index contributed by atoms with van der Waals surface area (Å²) in [5.41, 5.74) is -2.06. The fraction of sp³-hybridized carbons (Fsp3) is 0.259. The molecule has 0 aliphatic carbocycles. The van der Waals surface area contributed by atoms with E-state index in [9.17, 15) is 39.5 Å². The first-order chi connectivity index (χ1) is 17.9. The Morgan fingerprint density at radius 2 is 1.39 bits per heavy atom. The van der Waals surface area contributed by atoms with Gasteiger partial charge in [0, 0.05) is 17.9 Å². The molecule has 3 aromatic carbocycles. The molecule has 0 aromatic heterocycles. The van der Waals surface area contributed by atoms with Gasteiger partial charge in [-0.2, -0.15) is 0 Å². The summed E-state index contributed by atoms with van der Waals surface area (Å²) in [6.07, 6.45) is -3.75. The zero-order valence-corrected chi connectivity index (χ0v) is 19.4. The van der Waals surface area contributed by atoms with E-state index >= 15 is 0 Å². The van der Waals surface area contributed by atoms with Crippen molar-refractivity contribution in [3.8, 4) is 16.9 Å². The predicted octanol–water partition coefficient (Wildman–Crippen LogP) is 8.33. The zero-order chi connectivity index (χ0) is 27.8. The van der Waals surface area contributed by atoms with E-state index in [1.807, 2.05) is 0 Å². The van der Waals surface area contributed by atoms with Crippen molar-refractivity contribution in [1.82, 2.24) is 0 Å². The van der Waals surface area contributed by atoms with Crippen LogP contribution >= 0.6 is 0 Å². The van der Waals surface area contributed by atoms with Gasteiger partial charge in [0.25, 0.3) is 0 Å². The topological polar surface area (TPSA) is 18.5 Å². The van der Waals surface area contributed by atoms with Crippen molar-refractivity contribution in [3.63, 3.8) is 0 Å². The molecule has 4 rings (SSSR count). The summed E-state index contributed by atoms with van der Waals surface area (Å²) in [7, 11) is 0. The molecule has 3 aromatic rings. The summed E-state index contributed by atoms with van der Waals surface area (Å²) in [5.74, 6) is -9.79. The number of halogens is 9. The van der Waals surface area contributed by atoms with Crippen LogP contribution in [-0.2, 0) is 11.2 Å². The fourth-order valence-electron chi connectivity index (χ4n) is 4.32. The first-order valence-electron chi connectivity index (χ1n) is 11.3. The summed E-state index contributed by atoms with van der Waals surface area (Å²) in [4.78, 5) is 0. The third kappa shape index (κ3) is 5.98. The molecule has 2 nitrogen and oxygen atoms in total. The maximum Gasteiger partial charge on any atom is 0.573 e. The molecule has 0 amide bonds. The predicted molar refractivity (Wildman–Crippen MR) is 119 cm³/mol. The van der Waals surface area contributed by atoms with Crippen molar-refractivity contribution in [2.45, 2.75) is 31.7 Å². The van der Waals surface area contributed by atoms with Gasteiger partial charge in [-0.25, -0.2) is 26.3 Å². The van der Waals surface area contributed by atoms with Crippen molar-refractivity contribution < 1.29 is 49.0 Å². The monoisotopic (exact) mass is 546 g/mol. The molecule has 0 radical (unpaired) electrons. The molecule has 1 aliphatic rings. The lowest BCUT2D eigenvalue weighted by atomic mass is 9.92. The Morgan fingerprint density at radius 3 is 1.87 bits per heavy atom. The van der Waals surface area contributed by atoms with E-state index in [4.69, 9.17) is 4.74 Å². The second kappa shape index (κ2) is 10.7. The second-order valence-electron chi connectivity index (χ2n) is 8.79. The fourth-order valence-corrected chi connectivity index (χ4v) is 4.32. The number of hydrogen-bond donors (Lipinski definition) is 0. The Morgan fingerprint density at radius 1 is 0.816 bits per heavy atom. The minimum atomic E-state index is -5.36. The molecule has 11 heteroatoms. The number of alkyl halides is 3. The molecule has 0 N–H and O–H groups in total. The van der Waals surface area contributed by atoms with Crippen LogP contribution in [0.1, 0.15) is 35.6 Å². The normalized spacial score (nSPS) is 17.9. The van der Waals surface area contributed by atoms with E-state index in [1.165, 1.54) is 0 Å². The van der Waals surface area contributed by atoms with Gasteiger partial charge in [-0.15, -0.1) is 19.8 Å². The quantitative estimate of drug-likeness (QED) is 0.229. The van der Waals surface area contributed by atoms with Crippen molar-refractivity contribution >= 4 is 0 Å². The van der Waals surface area contributed by atoms with Crippen molar-refractivity contribution in [1.29, 1.82) is 0 Å². The first-order valence-corrected chi connectivity index (χ1v) is 11.3. The van der Waals surface area contributed by atoms with Gasteiger partial charge in [0.05, 0.1) is 18.3 Å². The lowest BCUT2D eigenvalue weighted by molar-refractivity contribution is -0.276. The zero-order valence-electron chi connectivity index (χ0n) is 19.4. The SMILES string of the molecule is C=CC1CCC(c2cc(F)c(-c3cc(F)c(Cc4cc(F)c(OC(F)(F)F)c(F)c4)c(F)c3)c(F)c2)OC1. The highest BCUT2D eigenvalue weighted by atomic mass is 19.4. The van der Waals surface area contributed by atoms with Crippen LogP contribution in [0.3, 0.4) is 0 Å². The summed E-state index contributed by atoms with van der Waals surface area (Å²) in [6.45, 7) is 4.02. The lowest BCUT2D eigenvalue weighted by Gasteiger charge is -2.28. The molecule has 202 valence electrons. The third-order valence-corrected chi connectivity index (χ3v) is 6.17. The highest BCUT2D eigenvalue weighted by molar-refractivity contribution is 5.66. The summed E-state index contributed by atoms with van der Waals surface area (Å²) in [6, 6.07) is 4.21. The van der Waals surface area contributed by atoms with Crippen LogP contribution in [0, 0.1) is 40.8 Å². The number of hydrogen-bond acceptors (Lipinski definition) is 2. The largest absolute Gasteiger partial charge is 0.573 e. The van der Waals surface area contributed by atoms with Gasteiger partial charge in [0.1, 0.15) is 23.3 Å². The summed E-state index contributed by atoms with van der Waals surface area (Å²) < 4.78 is 133. The van der Waals surface area contributed by atoms with Crippen LogP contribution in [0.2, 0.25) is 0 Å². The Hall–Kier alpha value is -3.47. The molecule has 1 saturated heterocycles. The number of benzene rings is 3. The van der Waals surface area contributed by atoms with E-state index in [0.29, 0.717) is 43.7 Å². The van der Waals surface area contributed by atoms with Crippen LogP contribution in [0.5, 0.6) is 5.75 Å². The van der Waals surface area contributed by atoms with Crippen molar-refractivity contribution in [2.75, 3.05) is 6.61 Å². The van der Waals surface area contributed by atoms with Gasteiger partial charge in [-0.3, -0.25) is 0 Å². The minimum absolute atomic E-state index is 0.129. The van der Waals surface area contributed by atoms with Gasteiger partial charge >= 0.3 is 6.36 Å². The summed E-state index contributed by atoms with van der Waals surface area (Å²) in [5, 5.41) is 0. The van der Waals surface area contributed by atoms with Gasteiger partial charge in [0.2, 0.25) is 5.75 Å². The van der Waals surface area contributed by atoms with Crippen molar-refractivity contribution in [3.05, 3.63) is 101 Å². The Balaban J connectivity index is 1.60.